The Bertz CT molecular complexity index is 209. The van der Waals surface area contributed by atoms with Crippen molar-refractivity contribution in [1.29, 1.82) is 0 Å². The topological polar surface area (TPSA) is 83.6 Å². The molecule has 0 bridgehead atoms. The zero-order chi connectivity index (χ0) is 9.14. The van der Waals surface area contributed by atoms with Gasteiger partial charge in [0.05, 0.1) is 0 Å². The van der Waals surface area contributed by atoms with Gasteiger partial charge in [-0.2, -0.15) is 0 Å². The molecule has 0 aliphatic carbocycles. The van der Waals surface area contributed by atoms with E-state index >= 15 is 0 Å². The van der Waals surface area contributed by atoms with Crippen LogP contribution in [0.3, 0.4) is 0 Å². The second-order valence-electron chi connectivity index (χ2n) is 2.51. The third-order valence-electron chi connectivity index (χ3n) is 1.58. The lowest BCUT2D eigenvalue weighted by Gasteiger charge is -2.16. The maximum absolute atomic E-state index is 11.0. The molecule has 0 aromatic carbocycles. The number of nitrogens with zero attached hydrogens (tertiary/aromatic N) is 1. The van der Waals surface area contributed by atoms with Crippen LogP contribution in [0.5, 0.6) is 0 Å². The fraction of sp³-hybridized carbons (Fsp3) is 0.667. The molecule has 1 rings (SSSR count). The molecular formula is C6H10N2O3S. The summed E-state index contributed by atoms with van der Waals surface area (Å²) < 4.78 is 0. The Morgan fingerprint density at radius 1 is 1.83 bits per heavy atom. The normalized spacial score (nSPS) is 19.8. The van der Waals surface area contributed by atoms with Gasteiger partial charge < -0.3 is 15.7 Å². The number of carbonyl (C=O) groups is 2. The third kappa shape index (κ3) is 2.12. The van der Waals surface area contributed by atoms with Gasteiger partial charge in [0, 0.05) is 18.8 Å². The Balaban J connectivity index is 2.40. The Hall–Kier alpha value is -0.750. The number of hydrogen-bond donors (Lipinski definition) is 2. The van der Waals surface area contributed by atoms with E-state index in [0.29, 0.717) is 6.54 Å². The molecule has 1 atom stereocenters. The third-order valence-corrected chi connectivity index (χ3v) is 2.47. The van der Waals surface area contributed by atoms with E-state index < -0.39 is 12.0 Å². The number of carboxylic acid groups (broad SMARTS) is 1. The molecule has 0 aromatic rings. The molecule has 1 fully saturated rings. The molecule has 1 amide bonds. The average Bonchev–Trinajstić information content (AvgIpc) is 2.36. The number of rotatable bonds is 3. The highest BCUT2D eigenvalue weighted by molar-refractivity contribution is 8.13. The van der Waals surface area contributed by atoms with Gasteiger partial charge in [0.25, 0.3) is 5.24 Å². The lowest BCUT2D eigenvalue weighted by atomic mass is 10.3. The molecule has 1 aliphatic rings. The predicted molar refractivity (Wildman–Crippen MR) is 45.0 cm³/mol. The smallest absolute Gasteiger partial charge is 0.322 e. The summed E-state index contributed by atoms with van der Waals surface area (Å²) in [5.74, 6) is -0.342. The SMILES string of the molecule is NC(CN1CCSC1=O)C(=O)O. The Morgan fingerprint density at radius 2 is 2.50 bits per heavy atom. The maximum atomic E-state index is 11.0. The van der Waals surface area contributed by atoms with Crippen molar-refractivity contribution in [3.05, 3.63) is 0 Å². The van der Waals surface area contributed by atoms with Gasteiger partial charge in [-0.15, -0.1) is 0 Å². The van der Waals surface area contributed by atoms with E-state index in [0.717, 1.165) is 5.75 Å². The summed E-state index contributed by atoms with van der Waals surface area (Å²) in [6, 6.07) is -0.965. The molecule has 5 nitrogen and oxygen atoms in total. The van der Waals surface area contributed by atoms with Crippen molar-refractivity contribution in [1.82, 2.24) is 4.90 Å². The number of thioether (sulfide) groups is 1. The second-order valence-corrected chi connectivity index (χ2v) is 3.55. The summed E-state index contributed by atoms with van der Waals surface area (Å²) in [5.41, 5.74) is 5.26. The molecule has 0 aromatic heterocycles. The summed E-state index contributed by atoms with van der Waals surface area (Å²) >= 11 is 1.20. The number of hydrogen-bond acceptors (Lipinski definition) is 4. The summed E-state index contributed by atoms with van der Waals surface area (Å²) in [6.07, 6.45) is 0. The van der Waals surface area contributed by atoms with Gasteiger partial charge in [0.2, 0.25) is 0 Å². The van der Waals surface area contributed by atoms with E-state index in [-0.39, 0.29) is 11.8 Å². The van der Waals surface area contributed by atoms with Crippen molar-refractivity contribution in [2.75, 3.05) is 18.8 Å². The van der Waals surface area contributed by atoms with Crippen molar-refractivity contribution in [2.24, 2.45) is 5.73 Å². The largest absolute Gasteiger partial charge is 0.480 e. The highest BCUT2D eigenvalue weighted by Crippen LogP contribution is 2.16. The van der Waals surface area contributed by atoms with E-state index in [1.165, 1.54) is 16.7 Å². The van der Waals surface area contributed by atoms with Crippen molar-refractivity contribution in [3.63, 3.8) is 0 Å². The Morgan fingerprint density at radius 3 is 2.92 bits per heavy atom. The second kappa shape index (κ2) is 3.77. The monoisotopic (exact) mass is 190 g/mol. The molecule has 12 heavy (non-hydrogen) atoms. The van der Waals surface area contributed by atoms with Gasteiger partial charge in [-0.05, 0) is 0 Å². The Kier molecular flexibility index (Phi) is 2.93. The van der Waals surface area contributed by atoms with Crippen LogP contribution in [-0.2, 0) is 4.79 Å². The standard InChI is InChI=1S/C6H10N2O3S/c7-4(5(9)10)3-8-1-2-12-6(8)11/h4H,1-3,7H2,(H,9,10). The number of carboxylic acids is 1. The van der Waals surface area contributed by atoms with Crippen LogP contribution in [-0.4, -0.2) is 46.1 Å². The van der Waals surface area contributed by atoms with Crippen molar-refractivity contribution in [3.8, 4) is 0 Å². The van der Waals surface area contributed by atoms with Gasteiger partial charge in [0.15, 0.2) is 0 Å². The minimum atomic E-state index is -1.07. The first-order chi connectivity index (χ1) is 5.61. The lowest BCUT2D eigenvalue weighted by molar-refractivity contribution is -0.138. The fourth-order valence-corrected chi connectivity index (χ4v) is 1.74. The minimum Gasteiger partial charge on any atom is -0.480 e. The summed E-state index contributed by atoms with van der Waals surface area (Å²) in [7, 11) is 0. The zero-order valence-corrected chi connectivity index (χ0v) is 7.21. The van der Waals surface area contributed by atoms with E-state index in [1.54, 1.807) is 0 Å². The molecular weight excluding hydrogens is 180 g/mol. The van der Waals surface area contributed by atoms with Crippen LogP contribution in [0.2, 0.25) is 0 Å². The zero-order valence-electron chi connectivity index (χ0n) is 6.40. The van der Waals surface area contributed by atoms with Crippen LogP contribution in [0.25, 0.3) is 0 Å². The van der Waals surface area contributed by atoms with Crippen LogP contribution >= 0.6 is 11.8 Å². The lowest BCUT2D eigenvalue weighted by Crippen LogP contribution is -2.42. The predicted octanol–water partition coefficient (Wildman–Crippen LogP) is -0.433. The summed E-state index contributed by atoms with van der Waals surface area (Å²) in [4.78, 5) is 22.8. The number of amides is 1. The first-order valence-corrected chi connectivity index (χ1v) is 4.50. The van der Waals surface area contributed by atoms with Gasteiger partial charge in [-0.25, -0.2) is 0 Å². The van der Waals surface area contributed by atoms with Gasteiger partial charge in [0.1, 0.15) is 6.04 Å². The van der Waals surface area contributed by atoms with E-state index in [1.807, 2.05) is 0 Å². The van der Waals surface area contributed by atoms with Crippen LogP contribution in [0.1, 0.15) is 0 Å². The van der Waals surface area contributed by atoms with E-state index in [4.69, 9.17) is 10.8 Å². The number of aliphatic carboxylic acids is 1. The molecule has 6 heteroatoms. The molecule has 0 spiro atoms. The molecule has 1 saturated heterocycles. The van der Waals surface area contributed by atoms with Gasteiger partial charge >= 0.3 is 5.97 Å². The number of nitrogens with two attached hydrogens (primary N) is 1. The van der Waals surface area contributed by atoms with Crippen LogP contribution < -0.4 is 5.73 Å². The van der Waals surface area contributed by atoms with Crippen LogP contribution in [0, 0.1) is 0 Å². The van der Waals surface area contributed by atoms with Gasteiger partial charge in [-0.3, -0.25) is 9.59 Å². The molecule has 3 N–H and O–H groups in total. The van der Waals surface area contributed by atoms with Crippen LogP contribution in [0.15, 0.2) is 0 Å². The first kappa shape index (κ1) is 9.34. The first-order valence-electron chi connectivity index (χ1n) is 3.51. The van der Waals surface area contributed by atoms with E-state index in [2.05, 4.69) is 0 Å². The van der Waals surface area contributed by atoms with Crippen molar-refractivity contribution >= 4 is 23.0 Å². The van der Waals surface area contributed by atoms with Crippen LogP contribution in [0.4, 0.5) is 4.79 Å². The minimum absolute atomic E-state index is 0.0771. The summed E-state index contributed by atoms with van der Waals surface area (Å²) in [6.45, 7) is 0.714. The van der Waals surface area contributed by atoms with Crippen molar-refractivity contribution < 1.29 is 14.7 Å². The molecule has 1 heterocycles. The maximum Gasteiger partial charge on any atom is 0.322 e. The van der Waals surface area contributed by atoms with Crippen molar-refractivity contribution in [2.45, 2.75) is 6.04 Å². The molecule has 0 saturated carbocycles. The van der Waals surface area contributed by atoms with Gasteiger partial charge in [-0.1, -0.05) is 11.8 Å². The molecule has 0 radical (unpaired) electrons. The molecule has 1 aliphatic heterocycles. The average molecular weight is 190 g/mol. The summed E-state index contributed by atoms with van der Waals surface area (Å²) in [5, 5.41) is 8.38. The highest BCUT2D eigenvalue weighted by Gasteiger charge is 2.25. The van der Waals surface area contributed by atoms with E-state index in [9.17, 15) is 9.59 Å². The number of carbonyl (C=O) groups excluding carboxylic acids is 1. The highest BCUT2D eigenvalue weighted by atomic mass is 32.2. The molecule has 1 unspecified atom stereocenters. The molecule has 68 valence electrons. The Labute approximate surface area is 73.9 Å². The fourth-order valence-electron chi connectivity index (χ4n) is 0.907. The quantitative estimate of drug-likeness (QED) is 0.630.